The Morgan fingerprint density at radius 3 is 2.89 bits per heavy atom. The quantitative estimate of drug-likeness (QED) is 0.852. The third kappa shape index (κ3) is 2.80. The number of thiazole rings is 1. The van der Waals surface area contributed by atoms with Crippen LogP contribution in [0, 0.1) is 6.92 Å². The Kier molecular flexibility index (Phi) is 4.17. The van der Waals surface area contributed by atoms with Crippen LogP contribution in [0.1, 0.15) is 15.2 Å². The lowest BCUT2D eigenvalue weighted by molar-refractivity contribution is 0.103. The van der Waals surface area contributed by atoms with Crippen LogP contribution in [0.15, 0.2) is 24.4 Å². The van der Waals surface area contributed by atoms with Crippen molar-refractivity contribution in [2.45, 2.75) is 6.92 Å². The third-order valence-electron chi connectivity index (χ3n) is 2.31. The molecule has 1 amide bonds. The van der Waals surface area contributed by atoms with Crippen LogP contribution in [0.4, 0.5) is 10.8 Å². The van der Waals surface area contributed by atoms with Crippen molar-refractivity contribution in [3.05, 3.63) is 39.9 Å². The van der Waals surface area contributed by atoms with Crippen molar-refractivity contribution in [3.63, 3.8) is 0 Å². The summed E-state index contributed by atoms with van der Waals surface area (Å²) in [4.78, 5) is 16.6. The minimum absolute atomic E-state index is 0.213. The summed E-state index contributed by atoms with van der Waals surface area (Å²) < 4.78 is 0. The average Bonchev–Trinajstić information content (AvgIpc) is 2.82. The Labute approximate surface area is 116 Å². The van der Waals surface area contributed by atoms with E-state index in [1.807, 2.05) is 19.1 Å². The lowest BCUT2D eigenvalue weighted by Gasteiger charge is -2.08. The van der Waals surface area contributed by atoms with Crippen molar-refractivity contribution in [2.75, 3.05) is 10.4 Å². The highest BCUT2D eigenvalue weighted by Crippen LogP contribution is 2.27. The van der Waals surface area contributed by atoms with E-state index < -0.39 is 0 Å². The predicted octanol–water partition coefficient (Wildman–Crippen LogP) is 3.56. The first-order chi connectivity index (χ1) is 8.61. The van der Waals surface area contributed by atoms with Gasteiger partial charge >= 0.3 is 0 Å². The number of benzene rings is 1. The standard InChI is InChI=1S/C11H11ClN3OPS/c1-6-3-2-4-7(12)9(6)14-10(16)8-5-13-11(15-17)18-8/h2-5H,17H2,1H3,(H,13,15)(H,14,16). The van der Waals surface area contributed by atoms with Crippen LogP contribution in [0.2, 0.25) is 5.02 Å². The number of rotatable bonds is 3. The summed E-state index contributed by atoms with van der Waals surface area (Å²) in [5.41, 5.74) is 1.56. The molecule has 0 spiro atoms. The molecule has 2 rings (SSSR count). The number of carbonyl (C=O) groups is 1. The van der Waals surface area contributed by atoms with Crippen molar-refractivity contribution in [1.29, 1.82) is 0 Å². The number of halogens is 1. The molecule has 0 fully saturated rings. The molecular formula is C11H11ClN3OPS. The molecule has 0 bridgehead atoms. The van der Waals surface area contributed by atoms with Crippen molar-refractivity contribution >= 4 is 49.1 Å². The zero-order valence-corrected chi connectivity index (χ0v) is 12.3. The molecule has 18 heavy (non-hydrogen) atoms. The van der Waals surface area contributed by atoms with Crippen molar-refractivity contribution in [1.82, 2.24) is 4.98 Å². The Hall–Kier alpha value is -1.16. The van der Waals surface area contributed by atoms with E-state index in [1.54, 1.807) is 6.07 Å². The minimum atomic E-state index is -0.213. The van der Waals surface area contributed by atoms with E-state index >= 15 is 0 Å². The van der Waals surface area contributed by atoms with Gasteiger partial charge in [-0.25, -0.2) is 4.98 Å². The highest BCUT2D eigenvalue weighted by Gasteiger charge is 2.13. The predicted molar refractivity (Wildman–Crippen MR) is 79.6 cm³/mol. The maximum atomic E-state index is 12.0. The second-order valence-electron chi connectivity index (χ2n) is 3.56. The molecule has 2 N–H and O–H groups in total. The Morgan fingerprint density at radius 2 is 2.28 bits per heavy atom. The third-order valence-corrected chi connectivity index (χ3v) is 4.04. The molecule has 7 heteroatoms. The Balaban J connectivity index is 2.21. The fourth-order valence-electron chi connectivity index (χ4n) is 1.41. The van der Waals surface area contributed by atoms with Gasteiger partial charge in [0.1, 0.15) is 4.88 Å². The van der Waals surface area contributed by atoms with Crippen molar-refractivity contribution in [3.8, 4) is 0 Å². The fourth-order valence-corrected chi connectivity index (χ4v) is 2.55. The monoisotopic (exact) mass is 299 g/mol. The van der Waals surface area contributed by atoms with Crippen LogP contribution in [0.25, 0.3) is 0 Å². The van der Waals surface area contributed by atoms with Gasteiger partial charge in [0.25, 0.3) is 5.91 Å². The minimum Gasteiger partial charge on any atom is -0.346 e. The molecule has 0 saturated carbocycles. The molecule has 0 aliphatic carbocycles. The number of aromatic nitrogens is 1. The molecule has 1 aromatic carbocycles. The zero-order chi connectivity index (χ0) is 13.1. The number of carbonyl (C=O) groups excluding carboxylic acids is 1. The van der Waals surface area contributed by atoms with E-state index in [-0.39, 0.29) is 5.91 Å². The van der Waals surface area contributed by atoms with Gasteiger partial charge in [-0.15, -0.1) is 0 Å². The van der Waals surface area contributed by atoms with Gasteiger partial charge in [-0.05, 0) is 27.9 Å². The highest BCUT2D eigenvalue weighted by atomic mass is 35.5. The van der Waals surface area contributed by atoms with Gasteiger partial charge in [-0.3, -0.25) is 4.79 Å². The largest absolute Gasteiger partial charge is 0.346 e. The molecule has 4 nitrogen and oxygen atoms in total. The Morgan fingerprint density at radius 1 is 1.50 bits per heavy atom. The number of aryl methyl sites for hydroxylation is 1. The lowest BCUT2D eigenvalue weighted by Crippen LogP contribution is -2.11. The van der Waals surface area contributed by atoms with Crippen LogP contribution in [0.3, 0.4) is 0 Å². The second-order valence-corrected chi connectivity index (χ2v) is 5.29. The van der Waals surface area contributed by atoms with Crippen LogP contribution < -0.4 is 10.4 Å². The molecule has 0 aliphatic rings. The first-order valence-corrected chi connectivity index (χ1v) is 6.88. The van der Waals surface area contributed by atoms with Gasteiger partial charge in [0.05, 0.1) is 16.9 Å². The number of nitrogens with one attached hydrogen (secondary N) is 2. The molecule has 1 unspecified atom stereocenters. The van der Waals surface area contributed by atoms with E-state index in [0.29, 0.717) is 20.7 Å². The molecular weight excluding hydrogens is 289 g/mol. The number of para-hydroxylation sites is 1. The normalized spacial score (nSPS) is 10.2. The summed E-state index contributed by atoms with van der Waals surface area (Å²) in [5, 5.41) is 6.80. The summed E-state index contributed by atoms with van der Waals surface area (Å²) in [6.07, 6.45) is 1.53. The van der Waals surface area contributed by atoms with Crippen LogP contribution in [-0.4, -0.2) is 10.9 Å². The number of anilines is 2. The number of nitrogens with zero attached hydrogens (tertiary/aromatic N) is 1. The van der Waals surface area contributed by atoms with Gasteiger partial charge in [-0.2, -0.15) is 0 Å². The number of hydrogen-bond donors (Lipinski definition) is 2. The van der Waals surface area contributed by atoms with E-state index in [0.717, 1.165) is 5.56 Å². The van der Waals surface area contributed by atoms with Gasteiger partial charge in [0.15, 0.2) is 5.13 Å². The second kappa shape index (κ2) is 5.65. The van der Waals surface area contributed by atoms with E-state index in [2.05, 4.69) is 24.8 Å². The van der Waals surface area contributed by atoms with Crippen LogP contribution in [0.5, 0.6) is 0 Å². The molecule has 0 radical (unpaired) electrons. The van der Waals surface area contributed by atoms with Gasteiger partial charge in [0.2, 0.25) is 0 Å². The van der Waals surface area contributed by atoms with Crippen LogP contribution in [-0.2, 0) is 0 Å². The van der Waals surface area contributed by atoms with E-state index in [9.17, 15) is 4.79 Å². The van der Waals surface area contributed by atoms with E-state index in [4.69, 9.17) is 11.6 Å². The molecule has 1 heterocycles. The summed E-state index contributed by atoms with van der Waals surface area (Å²) in [5.74, 6) is -0.213. The molecule has 0 saturated heterocycles. The summed E-state index contributed by atoms with van der Waals surface area (Å²) in [7, 11) is 2.34. The first kappa shape index (κ1) is 13.3. The molecule has 2 aromatic rings. The molecule has 0 aliphatic heterocycles. The van der Waals surface area contributed by atoms with Gasteiger partial charge in [-0.1, -0.05) is 35.1 Å². The Bertz CT molecular complexity index is 567. The smallest absolute Gasteiger partial charge is 0.267 e. The summed E-state index contributed by atoms with van der Waals surface area (Å²) in [6, 6.07) is 5.48. The first-order valence-electron chi connectivity index (χ1n) is 5.10. The SMILES string of the molecule is Cc1cccc(Cl)c1NC(=O)c1cnc(NP)s1. The van der Waals surface area contributed by atoms with E-state index in [1.165, 1.54) is 17.5 Å². The molecule has 1 aromatic heterocycles. The number of amides is 1. The van der Waals surface area contributed by atoms with Gasteiger partial charge < -0.3 is 10.4 Å². The van der Waals surface area contributed by atoms with Crippen molar-refractivity contribution in [2.24, 2.45) is 0 Å². The summed E-state index contributed by atoms with van der Waals surface area (Å²) >= 11 is 7.32. The van der Waals surface area contributed by atoms with Crippen molar-refractivity contribution < 1.29 is 4.79 Å². The zero-order valence-electron chi connectivity index (χ0n) is 9.53. The maximum Gasteiger partial charge on any atom is 0.267 e. The summed E-state index contributed by atoms with van der Waals surface area (Å²) in [6.45, 7) is 1.89. The van der Waals surface area contributed by atoms with Crippen LogP contribution >= 0.6 is 32.3 Å². The van der Waals surface area contributed by atoms with Gasteiger partial charge in [0, 0.05) is 0 Å². The fraction of sp³-hybridized carbons (Fsp3) is 0.0909. The maximum absolute atomic E-state index is 12.0. The highest BCUT2D eigenvalue weighted by molar-refractivity contribution is 7.24. The lowest BCUT2D eigenvalue weighted by atomic mass is 10.2. The molecule has 94 valence electrons. The molecule has 1 atom stereocenters. The topological polar surface area (TPSA) is 54.0 Å². The number of hydrogen-bond acceptors (Lipinski definition) is 4. The average molecular weight is 300 g/mol.